The fourth-order valence-electron chi connectivity index (χ4n) is 5.57. The van der Waals surface area contributed by atoms with E-state index in [1.165, 1.54) is 32.1 Å². The third-order valence-corrected chi connectivity index (χ3v) is 9.65. The van der Waals surface area contributed by atoms with Crippen molar-refractivity contribution in [2.24, 2.45) is 5.92 Å². The van der Waals surface area contributed by atoms with Gasteiger partial charge in [0.15, 0.2) is 0 Å². The summed E-state index contributed by atoms with van der Waals surface area (Å²) >= 11 is 0. The zero-order valence-corrected chi connectivity index (χ0v) is 20.1. The van der Waals surface area contributed by atoms with Gasteiger partial charge in [-0.15, -0.1) is 0 Å². The van der Waals surface area contributed by atoms with Crippen LogP contribution in [0.5, 0.6) is 0 Å². The standard InChI is InChI=1S/C25H36N4O2S/c1-20-11-13-29(14-12-20)32(30,31)23-8-9-24-21(19-23)7-10-25(26-24)28-17-15-27(16-18-28)22-5-3-2-4-6-22/h7-10,19-20,22H,2-6,11-18H2,1H3. The predicted molar refractivity (Wildman–Crippen MR) is 130 cm³/mol. The van der Waals surface area contributed by atoms with E-state index in [1.807, 2.05) is 12.1 Å². The van der Waals surface area contributed by atoms with Crippen LogP contribution in [0.15, 0.2) is 35.2 Å². The molecular weight excluding hydrogens is 420 g/mol. The van der Waals surface area contributed by atoms with Gasteiger partial charge in [0.2, 0.25) is 10.0 Å². The summed E-state index contributed by atoms with van der Waals surface area (Å²) in [5.41, 5.74) is 0.864. The molecule has 174 valence electrons. The molecule has 0 bridgehead atoms. The van der Waals surface area contributed by atoms with E-state index in [0.717, 1.165) is 61.8 Å². The maximum absolute atomic E-state index is 13.1. The number of nitrogens with zero attached hydrogens (tertiary/aromatic N) is 4. The minimum absolute atomic E-state index is 0.384. The average Bonchev–Trinajstić information content (AvgIpc) is 2.84. The lowest BCUT2D eigenvalue weighted by atomic mass is 9.94. The maximum atomic E-state index is 13.1. The monoisotopic (exact) mass is 456 g/mol. The Morgan fingerprint density at radius 3 is 2.28 bits per heavy atom. The van der Waals surface area contributed by atoms with Crippen molar-refractivity contribution in [1.29, 1.82) is 0 Å². The summed E-state index contributed by atoms with van der Waals surface area (Å²) in [6, 6.07) is 10.3. The van der Waals surface area contributed by atoms with Crippen LogP contribution in [0.2, 0.25) is 0 Å². The molecule has 3 fully saturated rings. The van der Waals surface area contributed by atoms with Crippen LogP contribution in [-0.4, -0.2) is 67.9 Å². The number of sulfonamides is 1. The third-order valence-electron chi connectivity index (χ3n) is 7.76. The van der Waals surface area contributed by atoms with Crippen LogP contribution in [0.25, 0.3) is 10.9 Å². The number of pyridine rings is 1. The molecular formula is C25H36N4O2S. The highest BCUT2D eigenvalue weighted by Gasteiger charge is 2.29. The van der Waals surface area contributed by atoms with Crippen molar-refractivity contribution in [1.82, 2.24) is 14.2 Å². The minimum Gasteiger partial charge on any atom is -0.354 e. The summed E-state index contributed by atoms with van der Waals surface area (Å²) in [5, 5.41) is 0.890. The van der Waals surface area contributed by atoms with Gasteiger partial charge in [-0.2, -0.15) is 4.31 Å². The first-order valence-electron chi connectivity index (χ1n) is 12.4. The molecule has 2 aromatic rings. The third kappa shape index (κ3) is 4.52. The van der Waals surface area contributed by atoms with Gasteiger partial charge in [-0.3, -0.25) is 4.90 Å². The number of hydrogen-bond acceptors (Lipinski definition) is 5. The van der Waals surface area contributed by atoms with Gasteiger partial charge < -0.3 is 4.90 Å². The summed E-state index contributed by atoms with van der Waals surface area (Å²) in [4.78, 5) is 10.3. The summed E-state index contributed by atoms with van der Waals surface area (Å²) in [7, 11) is -3.43. The van der Waals surface area contributed by atoms with E-state index in [1.54, 1.807) is 16.4 Å². The lowest BCUT2D eigenvalue weighted by Gasteiger charge is -2.41. The molecule has 2 aliphatic heterocycles. The average molecular weight is 457 g/mol. The van der Waals surface area contributed by atoms with Gasteiger partial charge in [0, 0.05) is 50.7 Å². The number of fused-ring (bicyclic) bond motifs is 1. The topological polar surface area (TPSA) is 56.8 Å². The Morgan fingerprint density at radius 2 is 1.56 bits per heavy atom. The van der Waals surface area contributed by atoms with E-state index in [2.05, 4.69) is 22.8 Å². The normalized spacial score (nSPS) is 23.1. The second-order valence-electron chi connectivity index (χ2n) is 9.93. The predicted octanol–water partition coefficient (Wildman–Crippen LogP) is 4.11. The molecule has 7 heteroatoms. The molecule has 1 aromatic carbocycles. The van der Waals surface area contributed by atoms with Crippen molar-refractivity contribution in [3.8, 4) is 0 Å². The first kappa shape index (κ1) is 22.1. The fourth-order valence-corrected chi connectivity index (χ4v) is 7.07. The first-order chi connectivity index (χ1) is 15.5. The van der Waals surface area contributed by atoms with Gasteiger partial charge in [0.1, 0.15) is 5.82 Å². The maximum Gasteiger partial charge on any atom is 0.243 e. The number of aromatic nitrogens is 1. The molecule has 1 aliphatic carbocycles. The van der Waals surface area contributed by atoms with Gasteiger partial charge in [0.05, 0.1) is 10.4 Å². The highest BCUT2D eigenvalue weighted by molar-refractivity contribution is 7.89. The summed E-state index contributed by atoms with van der Waals surface area (Å²) in [6.45, 7) is 7.66. The molecule has 2 saturated heterocycles. The van der Waals surface area contributed by atoms with Crippen LogP contribution in [0.4, 0.5) is 5.82 Å². The number of hydrogen-bond donors (Lipinski definition) is 0. The molecule has 0 radical (unpaired) electrons. The Hall–Kier alpha value is -1.70. The van der Waals surface area contributed by atoms with Crippen molar-refractivity contribution in [2.45, 2.75) is 62.8 Å². The number of anilines is 1. The van der Waals surface area contributed by atoms with E-state index in [4.69, 9.17) is 4.98 Å². The highest BCUT2D eigenvalue weighted by atomic mass is 32.2. The molecule has 3 heterocycles. The Morgan fingerprint density at radius 1 is 0.844 bits per heavy atom. The molecule has 0 unspecified atom stereocenters. The largest absolute Gasteiger partial charge is 0.354 e. The number of piperazine rings is 1. The molecule has 1 aromatic heterocycles. The lowest BCUT2D eigenvalue weighted by Crippen LogP contribution is -2.51. The quantitative estimate of drug-likeness (QED) is 0.693. The number of benzene rings is 1. The van der Waals surface area contributed by atoms with Crippen LogP contribution < -0.4 is 4.90 Å². The summed E-state index contributed by atoms with van der Waals surface area (Å²) in [6.07, 6.45) is 8.75. The number of piperidine rings is 1. The van der Waals surface area contributed by atoms with Gasteiger partial charge >= 0.3 is 0 Å². The zero-order valence-electron chi connectivity index (χ0n) is 19.2. The Balaban J connectivity index is 1.28. The molecule has 0 spiro atoms. The lowest BCUT2D eigenvalue weighted by molar-refractivity contribution is 0.147. The van der Waals surface area contributed by atoms with Gasteiger partial charge in [-0.25, -0.2) is 13.4 Å². The van der Waals surface area contributed by atoms with Crippen LogP contribution in [0, 0.1) is 5.92 Å². The van der Waals surface area contributed by atoms with Crippen molar-refractivity contribution in [2.75, 3.05) is 44.2 Å². The molecule has 3 aliphatic rings. The minimum atomic E-state index is -3.43. The van der Waals surface area contributed by atoms with Crippen LogP contribution in [-0.2, 0) is 10.0 Å². The van der Waals surface area contributed by atoms with Gasteiger partial charge in [0.25, 0.3) is 0 Å². The summed E-state index contributed by atoms with van der Waals surface area (Å²) < 4.78 is 27.9. The fraction of sp³-hybridized carbons (Fsp3) is 0.640. The SMILES string of the molecule is CC1CCN(S(=O)(=O)c2ccc3nc(N4CCN(C5CCCCC5)CC4)ccc3c2)CC1. The second kappa shape index (κ2) is 9.27. The molecule has 0 N–H and O–H groups in total. The van der Waals surface area contributed by atoms with E-state index < -0.39 is 10.0 Å². The van der Waals surface area contributed by atoms with E-state index in [9.17, 15) is 8.42 Å². The van der Waals surface area contributed by atoms with E-state index >= 15 is 0 Å². The number of rotatable bonds is 4. The van der Waals surface area contributed by atoms with Crippen LogP contribution in [0.1, 0.15) is 51.9 Å². The van der Waals surface area contributed by atoms with E-state index in [0.29, 0.717) is 23.9 Å². The van der Waals surface area contributed by atoms with Crippen molar-refractivity contribution in [3.63, 3.8) is 0 Å². The van der Waals surface area contributed by atoms with Crippen LogP contribution in [0.3, 0.4) is 0 Å². The van der Waals surface area contributed by atoms with Gasteiger partial charge in [-0.1, -0.05) is 26.2 Å². The Labute approximate surface area is 192 Å². The molecule has 32 heavy (non-hydrogen) atoms. The van der Waals surface area contributed by atoms with Gasteiger partial charge in [-0.05, 0) is 61.9 Å². The zero-order chi connectivity index (χ0) is 22.1. The van der Waals surface area contributed by atoms with Crippen molar-refractivity contribution < 1.29 is 8.42 Å². The Kier molecular flexibility index (Phi) is 6.41. The first-order valence-corrected chi connectivity index (χ1v) is 13.8. The molecule has 0 amide bonds. The smallest absolute Gasteiger partial charge is 0.243 e. The van der Waals surface area contributed by atoms with E-state index in [-0.39, 0.29) is 0 Å². The molecule has 5 rings (SSSR count). The van der Waals surface area contributed by atoms with Crippen molar-refractivity contribution in [3.05, 3.63) is 30.3 Å². The molecule has 1 saturated carbocycles. The summed E-state index contributed by atoms with van der Waals surface area (Å²) in [5.74, 6) is 1.60. The second-order valence-corrected chi connectivity index (χ2v) is 11.9. The molecule has 0 atom stereocenters. The Bertz CT molecular complexity index is 1040. The molecule has 6 nitrogen and oxygen atoms in total. The van der Waals surface area contributed by atoms with Crippen LogP contribution >= 0.6 is 0 Å². The highest BCUT2D eigenvalue weighted by Crippen LogP contribution is 2.28. The van der Waals surface area contributed by atoms with Crippen molar-refractivity contribution >= 4 is 26.7 Å².